The molecule has 1 saturated heterocycles. The first kappa shape index (κ1) is 17.8. The smallest absolute Gasteiger partial charge is 0.317 e. The molecule has 0 aliphatic carbocycles. The Morgan fingerprint density at radius 3 is 2.48 bits per heavy atom. The standard InChI is InChI=1S/C17H24BrN3O2/c1-11(2)19-17(23)21-8-6-13(7-9-21)16(22)20-14-4-5-15(18)12(3)10-14/h4-5,10-11,13H,6-9H2,1-3H3,(H,19,23)(H,20,22). The van der Waals surface area contributed by atoms with Crippen molar-refractivity contribution in [3.05, 3.63) is 28.2 Å². The van der Waals surface area contributed by atoms with E-state index in [9.17, 15) is 9.59 Å². The molecule has 2 rings (SSSR count). The van der Waals surface area contributed by atoms with Gasteiger partial charge in [-0.3, -0.25) is 4.79 Å². The second kappa shape index (κ2) is 7.81. The van der Waals surface area contributed by atoms with E-state index in [4.69, 9.17) is 0 Å². The van der Waals surface area contributed by atoms with Crippen molar-refractivity contribution in [2.24, 2.45) is 5.92 Å². The highest BCUT2D eigenvalue weighted by Crippen LogP contribution is 2.23. The van der Waals surface area contributed by atoms with Gasteiger partial charge in [0.1, 0.15) is 0 Å². The Hall–Kier alpha value is -1.56. The van der Waals surface area contributed by atoms with Gasteiger partial charge in [0.05, 0.1) is 0 Å². The number of benzene rings is 1. The summed E-state index contributed by atoms with van der Waals surface area (Å²) in [5.74, 6) is -0.00214. The van der Waals surface area contributed by atoms with Crippen molar-refractivity contribution in [3.8, 4) is 0 Å². The molecular formula is C17H24BrN3O2. The summed E-state index contributed by atoms with van der Waals surface area (Å²) in [7, 11) is 0. The maximum absolute atomic E-state index is 12.4. The highest BCUT2D eigenvalue weighted by Gasteiger charge is 2.27. The van der Waals surface area contributed by atoms with E-state index < -0.39 is 0 Å². The van der Waals surface area contributed by atoms with E-state index in [2.05, 4.69) is 26.6 Å². The quantitative estimate of drug-likeness (QED) is 0.840. The van der Waals surface area contributed by atoms with Gasteiger partial charge in [0.2, 0.25) is 5.91 Å². The number of anilines is 1. The van der Waals surface area contributed by atoms with Gasteiger partial charge in [-0.2, -0.15) is 0 Å². The third-order valence-corrected chi connectivity index (χ3v) is 4.88. The summed E-state index contributed by atoms with van der Waals surface area (Å²) >= 11 is 3.45. The molecule has 0 aromatic heterocycles. The molecule has 0 radical (unpaired) electrons. The summed E-state index contributed by atoms with van der Waals surface area (Å²) in [5, 5.41) is 5.87. The summed E-state index contributed by atoms with van der Waals surface area (Å²) in [5.41, 5.74) is 1.90. The highest BCUT2D eigenvalue weighted by atomic mass is 79.9. The Balaban J connectivity index is 1.86. The molecule has 1 aromatic rings. The molecule has 1 aliphatic rings. The Morgan fingerprint density at radius 2 is 1.91 bits per heavy atom. The van der Waals surface area contributed by atoms with E-state index in [1.165, 1.54) is 0 Å². The molecule has 6 heteroatoms. The molecule has 2 N–H and O–H groups in total. The third kappa shape index (κ3) is 4.96. The van der Waals surface area contributed by atoms with Crippen molar-refractivity contribution < 1.29 is 9.59 Å². The number of hydrogen-bond donors (Lipinski definition) is 2. The van der Waals surface area contributed by atoms with Crippen LogP contribution in [0.4, 0.5) is 10.5 Å². The number of hydrogen-bond acceptors (Lipinski definition) is 2. The fraction of sp³-hybridized carbons (Fsp3) is 0.529. The van der Waals surface area contributed by atoms with Crippen LogP contribution in [0.5, 0.6) is 0 Å². The van der Waals surface area contributed by atoms with Crippen molar-refractivity contribution in [1.29, 1.82) is 0 Å². The lowest BCUT2D eigenvalue weighted by Gasteiger charge is -2.32. The summed E-state index contributed by atoms with van der Waals surface area (Å²) < 4.78 is 1.03. The van der Waals surface area contributed by atoms with Gasteiger partial charge in [-0.1, -0.05) is 15.9 Å². The predicted octanol–water partition coefficient (Wildman–Crippen LogP) is 3.53. The summed E-state index contributed by atoms with van der Waals surface area (Å²) in [6.07, 6.45) is 1.40. The first-order valence-corrected chi connectivity index (χ1v) is 8.78. The molecule has 0 saturated carbocycles. The fourth-order valence-corrected chi connectivity index (χ4v) is 2.90. The number of aryl methyl sites for hydroxylation is 1. The predicted molar refractivity (Wildman–Crippen MR) is 95.5 cm³/mol. The number of likely N-dealkylation sites (tertiary alicyclic amines) is 1. The van der Waals surface area contributed by atoms with Crippen LogP contribution in [0.3, 0.4) is 0 Å². The van der Waals surface area contributed by atoms with E-state index in [0.29, 0.717) is 25.9 Å². The molecule has 23 heavy (non-hydrogen) atoms. The largest absolute Gasteiger partial charge is 0.336 e. The lowest BCUT2D eigenvalue weighted by Crippen LogP contribution is -2.47. The molecule has 5 nitrogen and oxygen atoms in total. The van der Waals surface area contributed by atoms with E-state index in [0.717, 1.165) is 15.7 Å². The van der Waals surface area contributed by atoms with Crippen LogP contribution in [0, 0.1) is 12.8 Å². The normalized spacial score (nSPS) is 15.6. The van der Waals surface area contributed by atoms with Crippen LogP contribution in [-0.4, -0.2) is 36.0 Å². The number of carbonyl (C=O) groups excluding carboxylic acids is 2. The topological polar surface area (TPSA) is 61.4 Å². The van der Waals surface area contributed by atoms with E-state index >= 15 is 0 Å². The average Bonchev–Trinajstić information content (AvgIpc) is 2.50. The lowest BCUT2D eigenvalue weighted by molar-refractivity contribution is -0.121. The molecular weight excluding hydrogens is 358 g/mol. The van der Waals surface area contributed by atoms with Crippen LogP contribution >= 0.6 is 15.9 Å². The minimum absolute atomic E-state index is 0.0376. The number of urea groups is 1. The molecule has 0 unspecified atom stereocenters. The van der Waals surface area contributed by atoms with Crippen LogP contribution in [0.25, 0.3) is 0 Å². The lowest BCUT2D eigenvalue weighted by atomic mass is 9.96. The molecule has 0 bridgehead atoms. The first-order chi connectivity index (χ1) is 10.9. The Kier molecular flexibility index (Phi) is 6.04. The molecule has 1 aliphatic heterocycles. The Bertz CT molecular complexity index is 581. The van der Waals surface area contributed by atoms with Gasteiger partial charge in [0.15, 0.2) is 0 Å². The molecule has 0 atom stereocenters. The Morgan fingerprint density at radius 1 is 1.26 bits per heavy atom. The van der Waals surface area contributed by atoms with Gasteiger partial charge in [0, 0.05) is 35.2 Å². The molecule has 1 fully saturated rings. The zero-order valence-electron chi connectivity index (χ0n) is 13.9. The minimum atomic E-state index is -0.0398. The van der Waals surface area contributed by atoms with Crippen molar-refractivity contribution in [1.82, 2.24) is 10.2 Å². The molecule has 0 spiro atoms. The minimum Gasteiger partial charge on any atom is -0.336 e. The maximum Gasteiger partial charge on any atom is 0.317 e. The number of carbonyl (C=O) groups is 2. The van der Waals surface area contributed by atoms with Crippen LogP contribution in [0.15, 0.2) is 22.7 Å². The number of nitrogens with one attached hydrogen (secondary N) is 2. The molecule has 1 heterocycles. The average molecular weight is 382 g/mol. The Labute approximate surface area is 145 Å². The molecule has 126 valence electrons. The van der Waals surface area contributed by atoms with Gasteiger partial charge in [-0.05, 0) is 57.4 Å². The molecule has 1 aromatic carbocycles. The van der Waals surface area contributed by atoms with Gasteiger partial charge in [0.25, 0.3) is 0 Å². The van der Waals surface area contributed by atoms with Crippen molar-refractivity contribution >= 4 is 33.6 Å². The summed E-state index contributed by atoms with van der Waals surface area (Å²) in [6, 6.07) is 5.86. The zero-order valence-corrected chi connectivity index (χ0v) is 15.4. The highest BCUT2D eigenvalue weighted by molar-refractivity contribution is 9.10. The van der Waals surface area contributed by atoms with Crippen molar-refractivity contribution in [3.63, 3.8) is 0 Å². The van der Waals surface area contributed by atoms with Crippen molar-refractivity contribution in [2.75, 3.05) is 18.4 Å². The number of piperidine rings is 1. The SMILES string of the molecule is Cc1cc(NC(=O)C2CCN(C(=O)NC(C)C)CC2)ccc1Br. The van der Waals surface area contributed by atoms with Gasteiger partial charge in [-0.25, -0.2) is 4.79 Å². The van der Waals surface area contributed by atoms with E-state index in [1.807, 2.05) is 39.0 Å². The molecule has 3 amide bonds. The zero-order chi connectivity index (χ0) is 17.0. The summed E-state index contributed by atoms with van der Waals surface area (Å²) in [6.45, 7) is 7.12. The van der Waals surface area contributed by atoms with Crippen LogP contribution in [-0.2, 0) is 4.79 Å². The van der Waals surface area contributed by atoms with Crippen LogP contribution in [0.2, 0.25) is 0 Å². The van der Waals surface area contributed by atoms with Gasteiger partial charge < -0.3 is 15.5 Å². The van der Waals surface area contributed by atoms with Crippen molar-refractivity contribution in [2.45, 2.75) is 39.7 Å². The van der Waals surface area contributed by atoms with Gasteiger partial charge >= 0.3 is 6.03 Å². The van der Waals surface area contributed by atoms with Crippen LogP contribution in [0.1, 0.15) is 32.3 Å². The summed E-state index contributed by atoms with van der Waals surface area (Å²) in [4.78, 5) is 26.1. The monoisotopic (exact) mass is 381 g/mol. The van der Waals surface area contributed by atoms with Crippen LogP contribution < -0.4 is 10.6 Å². The fourth-order valence-electron chi connectivity index (χ4n) is 2.65. The number of amides is 3. The number of halogens is 1. The first-order valence-electron chi connectivity index (χ1n) is 7.99. The van der Waals surface area contributed by atoms with Gasteiger partial charge in [-0.15, -0.1) is 0 Å². The number of rotatable bonds is 3. The second-order valence-corrected chi connectivity index (χ2v) is 7.17. The number of nitrogens with zero attached hydrogens (tertiary/aromatic N) is 1. The second-order valence-electron chi connectivity index (χ2n) is 6.32. The maximum atomic E-state index is 12.4. The van der Waals surface area contributed by atoms with E-state index in [-0.39, 0.29) is 23.9 Å². The van der Waals surface area contributed by atoms with E-state index in [1.54, 1.807) is 4.90 Å². The third-order valence-electron chi connectivity index (χ3n) is 3.99.